The lowest BCUT2D eigenvalue weighted by Gasteiger charge is -2.31. The average Bonchev–Trinajstić information content (AvgIpc) is 2.08. The van der Waals surface area contributed by atoms with Crippen LogP contribution in [0.25, 0.3) is 0 Å². The number of hydrogen-bond donors (Lipinski definition) is 3. The van der Waals surface area contributed by atoms with E-state index < -0.39 is 6.04 Å². The highest BCUT2D eigenvalue weighted by Gasteiger charge is 2.23. The van der Waals surface area contributed by atoms with E-state index in [0.29, 0.717) is 6.04 Å². The Labute approximate surface area is 91.4 Å². The monoisotopic (exact) mass is 221 g/mol. The predicted octanol–water partition coefficient (Wildman–Crippen LogP) is 0.0121. The number of amides is 1. The van der Waals surface area contributed by atoms with E-state index in [2.05, 4.69) is 17.6 Å². The third-order valence-electron chi connectivity index (χ3n) is 2.50. The van der Waals surface area contributed by atoms with Gasteiger partial charge in [0.05, 0.1) is 6.04 Å². The van der Waals surface area contributed by atoms with E-state index in [1.165, 1.54) is 0 Å². The van der Waals surface area contributed by atoms with Gasteiger partial charge in [0.1, 0.15) is 0 Å². The maximum absolute atomic E-state index is 11.3. The number of halogens is 1. The zero-order valence-electron chi connectivity index (χ0n) is 8.75. The zero-order valence-corrected chi connectivity index (χ0v) is 9.56. The van der Waals surface area contributed by atoms with Crippen LogP contribution in [0.4, 0.5) is 0 Å². The summed E-state index contributed by atoms with van der Waals surface area (Å²) >= 11 is 0. The number of piperidine rings is 1. The Morgan fingerprint density at radius 2 is 2.29 bits per heavy atom. The molecule has 1 amide bonds. The van der Waals surface area contributed by atoms with Gasteiger partial charge in [-0.05, 0) is 33.2 Å². The van der Waals surface area contributed by atoms with Gasteiger partial charge in [0.25, 0.3) is 0 Å². The number of nitrogens with one attached hydrogen (secondary N) is 2. The fraction of sp³-hybridized carbons (Fsp3) is 0.889. The maximum atomic E-state index is 11.3. The summed E-state index contributed by atoms with van der Waals surface area (Å²) in [5.74, 6) is -0.0550. The number of nitrogens with two attached hydrogens (primary N) is 1. The molecule has 0 bridgehead atoms. The molecular formula is C9H20ClN3O. The van der Waals surface area contributed by atoms with Crippen LogP contribution in [0.2, 0.25) is 0 Å². The van der Waals surface area contributed by atoms with E-state index in [9.17, 15) is 4.79 Å². The topological polar surface area (TPSA) is 67.2 Å². The molecule has 1 aliphatic rings. The third-order valence-corrected chi connectivity index (χ3v) is 2.50. The Morgan fingerprint density at radius 3 is 2.79 bits per heavy atom. The molecule has 0 aromatic carbocycles. The van der Waals surface area contributed by atoms with Crippen LogP contribution in [0.5, 0.6) is 0 Å². The van der Waals surface area contributed by atoms with Gasteiger partial charge >= 0.3 is 0 Å². The van der Waals surface area contributed by atoms with Crippen molar-refractivity contribution < 1.29 is 4.79 Å². The summed E-state index contributed by atoms with van der Waals surface area (Å²) in [6, 6.07) is 0.192. The highest BCUT2D eigenvalue weighted by molar-refractivity contribution is 5.85. The van der Waals surface area contributed by atoms with Crippen LogP contribution in [0, 0.1) is 0 Å². The van der Waals surface area contributed by atoms with Crippen LogP contribution in [0.3, 0.4) is 0 Å². The second kappa shape index (κ2) is 6.22. The van der Waals surface area contributed by atoms with E-state index in [0.717, 1.165) is 19.4 Å². The van der Waals surface area contributed by atoms with Crippen molar-refractivity contribution in [3.63, 3.8) is 0 Å². The average molecular weight is 222 g/mol. The van der Waals surface area contributed by atoms with Gasteiger partial charge in [0.2, 0.25) is 5.91 Å². The molecule has 5 heteroatoms. The van der Waals surface area contributed by atoms with Gasteiger partial charge in [-0.15, -0.1) is 12.4 Å². The van der Waals surface area contributed by atoms with Crippen LogP contribution < -0.4 is 16.4 Å². The number of rotatable bonds is 2. The first-order valence-corrected chi connectivity index (χ1v) is 4.90. The molecule has 0 saturated carbocycles. The Hall–Kier alpha value is -0.320. The SMILES string of the molecule is CC(N)C(=O)NC1CCCNC1C.Cl. The number of carbonyl (C=O) groups excluding carboxylic acids is 1. The molecule has 0 aromatic rings. The summed E-state index contributed by atoms with van der Waals surface area (Å²) < 4.78 is 0. The first kappa shape index (κ1) is 13.7. The predicted molar refractivity (Wildman–Crippen MR) is 59.5 cm³/mol. The molecule has 14 heavy (non-hydrogen) atoms. The second-order valence-corrected chi connectivity index (χ2v) is 3.79. The highest BCUT2D eigenvalue weighted by atomic mass is 35.5. The van der Waals surface area contributed by atoms with Crippen molar-refractivity contribution in [2.24, 2.45) is 5.73 Å². The van der Waals surface area contributed by atoms with E-state index in [-0.39, 0.29) is 24.4 Å². The lowest BCUT2D eigenvalue weighted by Crippen LogP contribution is -2.54. The van der Waals surface area contributed by atoms with E-state index in [4.69, 9.17) is 5.73 Å². The summed E-state index contributed by atoms with van der Waals surface area (Å²) in [5, 5.41) is 6.26. The quantitative estimate of drug-likeness (QED) is 0.616. The van der Waals surface area contributed by atoms with Gasteiger partial charge in [-0.2, -0.15) is 0 Å². The molecular weight excluding hydrogens is 202 g/mol. The number of hydrogen-bond acceptors (Lipinski definition) is 3. The van der Waals surface area contributed by atoms with Crippen LogP contribution >= 0.6 is 12.4 Å². The van der Waals surface area contributed by atoms with Crippen molar-refractivity contribution in [3.8, 4) is 0 Å². The molecule has 1 saturated heterocycles. The molecule has 0 aromatic heterocycles. The van der Waals surface area contributed by atoms with Crippen LogP contribution in [0.15, 0.2) is 0 Å². The Morgan fingerprint density at radius 1 is 1.64 bits per heavy atom. The van der Waals surface area contributed by atoms with Crippen molar-refractivity contribution in [2.75, 3.05) is 6.54 Å². The minimum absolute atomic E-state index is 0. The first-order valence-electron chi connectivity index (χ1n) is 4.90. The highest BCUT2D eigenvalue weighted by Crippen LogP contribution is 2.07. The van der Waals surface area contributed by atoms with Crippen LogP contribution in [0.1, 0.15) is 26.7 Å². The second-order valence-electron chi connectivity index (χ2n) is 3.79. The van der Waals surface area contributed by atoms with Crippen molar-refractivity contribution in [3.05, 3.63) is 0 Å². The fourth-order valence-corrected chi connectivity index (χ4v) is 1.56. The maximum Gasteiger partial charge on any atom is 0.236 e. The van der Waals surface area contributed by atoms with Gasteiger partial charge in [0, 0.05) is 12.1 Å². The summed E-state index contributed by atoms with van der Waals surface area (Å²) in [5.41, 5.74) is 5.47. The summed E-state index contributed by atoms with van der Waals surface area (Å²) in [6.07, 6.45) is 2.17. The van der Waals surface area contributed by atoms with Gasteiger partial charge in [0.15, 0.2) is 0 Å². The minimum atomic E-state index is -0.408. The van der Waals surface area contributed by atoms with Gasteiger partial charge < -0.3 is 16.4 Å². The van der Waals surface area contributed by atoms with E-state index >= 15 is 0 Å². The summed E-state index contributed by atoms with van der Waals surface area (Å²) in [7, 11) is 0. The lowest BCUT2D eigenvalue weighted by atomic mass is 9.99. The summed E-state index contributed by atoms with van der Waals surface area (Å²) in [4.78, 5) is 11.3. The molecule has 3 unspecified atom stereocenters. The lowest BCUT2D eigenvalue weighted by molar-refractivity contribution is -0.123. The Kier molecular flexibility index (Phi) is 6.08. The molecule has 3 atom stereocenters. The summed E-state index contributed by atoms with van der Waals surface area (Å²) in [6.45, 7) is 4.84. The fourth-order valence-electron chi connectivity index (χ4n) is 1.56. The molecule has 1 heterocycles. The molecule has 1 rings (SSSR count). The van der Waals surface area contributed by atoms with Gasteiger partial charge in [-0.1, -0.05) is 0 Å². The molecule has 0 spiro atoms. The first-order chi connectivity index (χ1) is 6.11. The Bertz CT molecular complexity index is 187. The molecule has 84 valence electrons. The van der Waals surface area contributed by atoms with Gasteiger partial charge in [-0.3, -0.25) is 4.79 Å². The van der Waals surface area contributed by atoms with E-state index in [1.807, 2.05) is 0 Å². The molecule has 4 nitrogen and oxygen atoms in total. The van der Waals surface area contributed by atoms with Crippen molar-refractivity contribution in [1.29, 1.82) is 0 Å². The zero-order chi connectivity index (χ0) is 9.84. The van der Waals surface area contributed by atoms with Crippen molar-refractivity contribution in [1.82, 2.24) is 10.6 Å². The molecule has 4 N–H and O–H groups in total. The van der Waals surface area contributed by atoms with E-state index in [1.54, 1.807) is 6.92 Å². The minimum Gasteiger partial charge on any atom is -0.350 e. The standard InChI is InChI=1S/C9H19N3O.ClH/c1-6(10)9(13)12-8-4-3-5-11-7(8)2;/h6-8,11H,3-5,10H2,1-2H3,(H,12,13);1H. The smallest absolute Gasteiger partial charge is 0.236 e. The van der Waals surface area contributed by atoms with Gasteiger partial charge in [-0.25, -0.2) is 0 Å². The number of carbonyl (C=O) groups is 1. The van der Waals surface area contributed by atoms with Crippen LogP contribution in [-0.2, 0) is 4.79 Å². The molecule has 1 fully saturated rings. The Balaban J connectivity index is 0.00000169. The van der Waals surface area contributed by atoms with Crippen molar-refractivity contribution >= 4 is 18.3 Å². The van der Waals surface area contributed by atoms with Crippen molar-refractivity contribution in [2.45, 2.75) is 44.8 Å². The largest absolute Gasteiger partial charge is 0.350 e. The molecule has 0 aliphatic carbocycles. The molecule has 1 aliphatic heterocycles. The normalized spacial score (nSPS) is 28.8. The molecule has 0 radical (unpaired) electrons. The third kappa shape index (κ3) is 3.82. The van der Waals surface area contributed by atoms with Crippen LogP contribution in [-0.4, -0.2) is 30.6 Å².